The Balaban J connectivity index is 1.29. The van der Waals surface area contributed by atoms with Gasteiger partial charge in [0.1, 0.15) is 13.2 Å². The molecule has 3 heterocycles. The Morgan fingerprint density at radius 2 is 1.69 bits per heavy atom. The standard InChI is InChI=1S/C31H32N4O4/c1-37-13-12-35-19-24(21-8-4-2-5-9-21)27(20-35)34-31(36)33-26-16-23-17-28-29(39-15-14-38-28)18-25(23)32-30(26)22-10-6-3-7-11-22/h2-11,16-18,24,27H,12-15,19-20H2,1H3,(H2,33,34,36)/t24-,27+/m0/s1. The van der Waals surface area contributed by atoms with Gasteiger partial charge in [0.05, 0.1) is 29.5 Å². The molecule has 8 nitrogen and oxygen atoms in total. The van der Waals surface area contributed by atoms with Crippen LogP contribution in [0.4, 0.5) is 10.5 Å². The van der Waals surface area contributed by atoms with Crippen LogP contribution in [0.3, 0.4) is 0 Å². The predicted molar refractivity (Wildman–Crippen MR) is 152 cm³/mol. The molecule has 2 amide bonds. The first-order valence-corrected chi connectivity index (χ1v) is 13.3. The molecule has 0 bridgehead atoms. The summed E-state index contributed by atoms with van der Waals surface area (Å²) in [4.78, 5) is 20.8. The Morgan fingerprint density at radius 3 is 2.44 bits per heavy atom. The highest BCUT2D eigenvalue weighted by atomic mass is 16.6. The van der Waals surface area contributed by atoms with Crippen molar-refractivity contribution in [2.24, 2.45) is 0 Å². The van der Waals surface area contributed by atoms with Gasteiger partial charge in [-0.1, -0.05) is 60.7 Å². The molecule has 3 aromatic carbocycles. The molecular formula is C31H32N4O4. The Hall–Kier alpha value is -4.14. The summed E-state index contributed by atoms with van der Waals surface area (Å²) in [5.74, 6) is 1.55. The number of amides is 2. The van der Waals surface area contributed by atoms with Gasteiger partial charge in [-0.05, 0) is 17.7 Å². The van der Waals surface area contributed by atoms with Crippen LogP contribution < -0.4 is 20.1 Å². The quantitative estimate of drug-likeness (QED) is 0.358. The number of fused-ring (bicyclic) bond motifs is 2. The number of pyridine rings is 1. The van der Waals surface area contributed by atoms with E-state index in [1.165, 1.54) is 5.56 Å². The number of ether oxygens (including phenoxy) is 3. The third kappa shape index (κ3) is 5.53. The van der Waals surface area contributed by atoms with Crippen LogP contribution >= 0.6 is 0 Å². The van der Waals surface area contributed by atoms with Crippen molar-refractivity contribution in [3.8, 4) is 22.8 Å². The number of nitrogens with zero attached hydrogens (tertiary/aromatic N) is 2. The maximum Gasteiger partial charge on any atom is 0.319 e. The number of urea groups is 1. The van der Waals surface area contributed by atoms with Crippen molar-refractivity contribution >= 4 is 22.6 Å². The molecule has 0 saturated carbocycles. The maximum absolute atomic E-state index is 13.5. The largest absolute Gasteiger partial charge is 0.486 e. The van der Waals surface area contributed by atoms with Crippen LogP contribution in [0.2, 0.25) is 0 Å². The van der Waals surface area contributed by atoms with Crippen molar-refractivity contribution in [2.45, 2.75) is 12.0 Å². The number of likely N-dealkylation sites (tertiary alicyclic amines) is 1. The van der Waals surface area contributed by atoms with Crippen molar-refractivity contribution in [1.29, 1.82) is 0 Å². The minimum absolute atomic E-state index is 0.0459. The van der Waals surface area contributed by atoms with Gasteiger partial charge < -0.3 is 24.8 Å². The van der Waals surface area contributed by atoms with E-state index < -0.39 is 0 Å². The highest BCUT2D eigenvalue weighted by Crippen LogP contribution is 2.37. The summed E-state index contributed by atoms with van der Waals surface area (Å²) in [6, 6.07) is 25.7. The monoisotopic (exact) mass is 524 g/mol. The smallest absolute Gasteiger partial charge is 0.319 e. The molecule has 0 aliphatic carbocycles. The van der Waals surface area contributed by atoms with Crippen molar-refractivity contribution in [1.82, 2.24) is 15.2 Å². The van der Waals surface area contributed by atoms with Crippen LogP contribution in [-0.4, -0.2) is 68.5 Å². The molecule has 4 aromatic rings. The number of nitrogens with one attached hydrogen (secondary N) is 2. The molecular weight excluding hydrogens is 492 g/mol. The summed E-state index contributed by atoms with van der Waals surface area (Å²) in [5.41, 5.74) is 4.24. The lowest BCUT2D eigenvalue weighted by Crippen LogP contribution is -2.42. The fourth-order valence-electron chi connectivity index (χ4n) is 5.42. The number of carbonyl (C=O) groups is 1. The Bertz CT molecular complexity index is 1450. The SMILES string of the molecule is COCCN1C[C@@H](NC(=O)Nc2cc3cc4c(cc3nc2-c2ccccc2)OCCO4)[C@H](c2ccccc2)C1. The minimum Gasteiger partial charge on any atom is -0.486 e. The highest BCUT2D eigenvalue weighted by molar-refractivity contribution is 5.98. The zero-order chi connectivity index (χ0) is 26.6. The number of carbonyl (C=O) groups excluding carboxylic acids is 1. The van der Waals surface area contributed by atoms with Gasteiger partial charge in [0.2, 0.25) is 0 Å². The molecule has 2 aliphatic heterocycles. The zero-order valence-electron chi connectivity index (χ0n) is 21.9. The van der Waals surface area contributed by atoms with Gasteiger partial charge in [-0.2, -0.15) is 0 Å². The molecule has 1 aromatic heterocycles. The summed E-state index contributed by atoms with van der Waals surface area (Å²) in [6.45, 7) is 4.11. The molecule has 2 N–H and O–H groups in total. The van der Waals surface area contributed by atoms with E-state index in [-0.39, 0.29) is 18.0 Å². The van der Waals surface area contributed by atoms with Crippen LogP contribution in [0, 0.1) is 0 Å². The molecule has 0 spiro atoms. The van der Waals surface area contributed by atoms with Gasteiger partial charge in [0.15, 0.2) is 11.5 Å². The average Bonchev–Trinajstić information content (AvgIpc) is 3.37. The van der Waals surface area contributed by atoms with Crippen LogP contribution in [0.5, 0.6) is 11.5 Å². The van der Waals surface area contributed by atoms with E-state index >= 15 is 0 Å². The number of anilines is 1. The molecule has 6 rings (SSSR count). The lowest BCUT2D eigenvalue weighted by atomic mass is 9.94. The molecule has 1 fully saturated rings. The van der Waals surface area contributed by atoms with Crippen LogP contribution in [-0.2, 0) is 4.74 Å². The topological polar surface area (TPSA) is 85.0 Å². The molecule has 39 heavy (non-hydrogen) atoms. The van der Waals surface area contributed by atoms with Crippen LogP contribution in [0.1, 0.15) is 11.5 Å². The highest BCUT2D eigenvalue weighted by Gasteiger charge is 2.34. The van der Waals surface area contributed by atoms with E-state index in [0.29, 0.717) is 42.7 Å². The fourth-order valence-corrected chi connectivity index (χ4v) is 5.42. The van der Waals surface area contributed by atoms with Gasteiger partial charge in [-0.15, -0.1) is 0 Å². The number of rotatable bonds is 7. The minimum atomic E-state index is -0.259. The molecule has 1 saturated heterocycles. The lowest BCUT2D eigenvalue weighted by molar-refractivity contribution is 0.159. The second-order valence-electron chi connectivity index (χ2n) is 9.91. The summed E-state index contributed by atoms with van der Waals surface area (Å²) in [5, 5.41) is 7.23. The van der Waals surface area contributed by atoms with Gasteiger partial charge in [-0.3, -0.25) is 4.90 Å². The first kappa shape index (κ1) is 25.2. The average molecular weight is 525 g/mol. The zero-order valence-corrected chi connectivity index (χ0v) is 21.9. The van der Waals surface area contributed by atoms with E-state index in [4.69, 9.17) is 19.2 Å². The molecule has 0 radical (unpaired) electrons. The van der Waals surface area contributed by atoms with Gasteiger partial charge in [0.25, 0.3) is 0 Å². The molecule has 2 atom stereocenters. The maximum atomic E-state index is 13.5. The number of benzene rings is 3. The Kier molecular flexibility index (Phi) is 7.29. The molecule has 2 aliphatic rings. The van der Waals surface area contributed by atoms with Crippen molar-refractivity contribution in [3.63, 3.8) is 0 Å². The van der Waals surface area contributed by atoms with Crippen molar-refractivity contribution in [3.05, 3.63) is 84.4 Å². The van der Waals surface area contributed by atoms with Crippen molar-refractivity contribution < 1.29 is 19.0 Å². The third-order valence-electron chi connectivity index (χ3n) is 7.33. The number of hydrogen-bond donors (Lipinski definition) is 2. The number of hydrogen-bond acceptors (Lipinski definition) is 6. The predicted octanol–water partition coefficient (Wildman–Crippen LogP) is 4.91. The van der Waals surface area contributed by atoms with Gasteiger partial charge in [0, 0.05) is 49.7 Å². The first-order chi connectivity index (χ1) is 19.2. The van der Waals surface area contributed by atoms with Crippen molar-refractivity contribution in [2.75, 3.05) is 51.9 Å². The Labute approximate surface area is 227 Å². The number of aromatic nitrogens is 1. The normalized spacial score (nSPS) is 18.7. The second kappa shape index (κ2) is 11.3. The van der Waals surface area contributed by atoms with Gasteiger partial charge >= 0.3 is 6.03 Å². The van der Waals surface area contributed by atoms with E-state index in [1.54, 1.807) is 7.11 Å². The van der Waals surface area contributed by atoms with E-state index in [1.807, 2.05) is 66.7 Å². The van der Waals surface area contributed by atoms with Gasteiger partial charge in [-0.25, -0.2) is 9.78 Å². The Morgan fingerprint density at radius 1 is 0.974 bits per heavy atom. The van der Waals surface area contributed by atoms with E-state index in [2.05, 4.69) is 27.7 Å². The second-order valence-corrected chi connectivity index (χ2v) is 9.91. The molecule has 0 unspecified atom stereocenters. The lowest BCUT2D eigenvalue weighted by Gasteiger charge is -2.22. The van der Waals surface area contributed by atoms with Crippen LogP contribution in [0.25, 0.3) is 22.2 Å². The molecule has 8 heteroatoms. The van der Waals surface area contributed by atoms with Crippen LogP contribution in [0.15, 0.2) is 78.9 Å². The van der Waals surface area contributed by atoms with E-state index in [0.717, 1.165) is 36.1 Å². The number of methoxy groups -OCH3 is 1. The summed E-state index contributed by atoms with van der Waals surface area (Å²) in [7, 11) is 1.71. The summed E-state index contributed by atoms with van der Waals surface area (Å²) < 4.78 is 16.9. The summed E-state index contributed by atoms with van der Waals surface area (Å²) >= 11 is 0. The first-order valence-electron chi connectivity index (χ1n) is 13.3. The van der Waals surface area contributed by atoms with E-state index in [9.17, 15) is 4.79 Å². The summed E-state index contributed by atoms with van der Waals surface area (Å²) in [6.07, 6.45) is 0. The third-order valence-corrected chi connectivity index (χ3v) is 7.33. The fraction of sp³-hybridized carbons (Fsp3) is 0.290. The molecule has 200 valence electrons.